The van der Waals surface area contributed by atoms with E-state index in [4.69, 9.17) is 16.7 Å². The molecule has 0 spiro atoms. The van der Waals surface area contributed by atoms with Crippen LogP contribution < -0.4 is 5.32 Å². The predicted octanol–water partition coefficient (Wildman–Crippen LogP) is 2.49. The molecule has 0 unspecified atom stereocenters. The summed E-state index contributed by atoms with van der Waals surface area (Å²) >= 11 is 6.72. The van der Waals surface area contributed by atoms with Crippen molar-refractivity contribution < 1.29 is 9.90 Å². The molecule has 1 heterocycles. The van der Waals surface area contributed by atoms with Crippen LogP contribution in [0.25, 0.3) is 0 Å². The summed E-state index contributed by atoms with van der Waals surface area (Å²) in [6.45, 7) is 0. The lowest BCUT2D eigenvalue weighted by atomic mass is 10.6. The second-order valence-electron chi connectivity index (χ2n) is 1.53. The lowest BCUT2D eigenvalue weighted by Crippen LogP contribution is -2.04. The molecule has 0 bridgehead atoms. The van der Waals surface area contributed by atoms with Gasteiger partial charge in [-0.3, -0.25) is 5.32 Å². The molecule has 0 aliphatic heterocycles. The van der Waals surface area contributed by atoms with E-state index in [9.17, 15) is 4.79 Å². The summed E-state index contributed by atoms with van der Waals surface area (Å²) in [7, 11) is 0. The van der Waals surface area contributed by atoms with Gasteiger partial charge in [-0.15, -0.1) is 11.3 Å². The average Bonchev–Trinajstić information content (AvgIpc) is 2.13. The van der Waals surface area contributed by atoms with Crippen molar-refractivity contribution in [2.24, 2.45) is 0 Å². The molecule has 2 N–H and O–H groups in total. The number of carboxylic acid groups (broad SMARTS) is 1. The molecule has 10 heavy (non-hydrogen) atoms. The molecule has 0 aliphatic carbocycles. The van der Waals surface area contributed by atoms with Crippen LogP contribution >= 0.6 is 22.9 Å². The summed E-state index contributed by atoms with van der Waals surface area (Å²) in [6, 6.07) is 3.25. The van der Waals surface area contributed by atoms with Crippen molar-refractivity contribution in [1.29, 1.82) is 0 Å². The Bertz CT molecular complexity index is 248. The Hall–Kier alpha value is -0.740. The van der Waals surface area contributed by atoms with E-state index in [0.717, 1.165) is 0 Å². The molecule has 1 aromatic heterocycles. The fourth-order valence-electron chi connectivity index (χ4n) is 0.487. The molecule has 0 saturated carbocycles. The second kappa shape index (κ2) is 2.90. The lowest BCUT2D eigenvalue weighted by molar-refractivity contribution is 0.210. The minimum Gasteiger partial charge on any atom is -0.465 e. The van der Waals surface area contributed by atoms with Crippen molar-refractivity contribution in [2.75, 3.05) is 5.32 Å². The van der Waals surface area contributed by atoms with Crippen molar-refractivity contribution in [2.45, 2.75) is 0 Å². The third kappa shape index (κ3) is 1.89. The molecule has 0 fully saturated rings. The minimum absolute atomic E-state index is 0.539. The minimum atomic E-state index is -1.07. The summed E-state index contributed by atoms with van der Waals surface area (Å²) in [4.78, 5) is 10.0. The highest BCUT2D eigenvalue weighted by atomic mass is 35.5. The maximum absolute atomic E-state index is 10.0. The molecule has 0 saturated heterocycles. The SMILES string of the molecule is O=C(O)Nc1ccc(Cl)s1. The Kier molecular flexibility index (Phi) is 2.13. The molecule has 0 aliphatic rings. The van der Waals surface area contributed by atoms with E-state index in [1.165, 1.54) is 11.3 Å². The van der Waals surface area contributed by atoms with Crippen LogP contribution in [0, 0.1) is 0 Å². The van der Waals surface area contributed by atoms with E-state index in [1.54, 1.807) is 12.1 Å². The summed E-state index contributed by atoms with van der Waals surface area (Å²) in [5.74, 6) is 0. The Morgan fingerprint density at radius 3 is 2.80 bits per heavy atom. The van der Waals surface area contributed by atoms with Crippen molar-refractivity contribution in [1.82, 2.24) is 0 Å². The number of hydrogen-bond acceptors (Lipinski definition) is 2. The first-order chi connectivity index (χ1) is 4.68. The maximum atomic E-state index is 10.0. The molecule has 1 aromatic rings. The van der Waals surface area contributed by atoms with Crippen LogP contribution in [0.1, 0.15) is 0 Å². The van der Waals surface area contributed by atoms with Gasteiger partial charge in [0.15, 0.2) is 0 Å². The summed E-state index contributed by atoms with van der Waals surface area (Å²) in [6.07, 6.45) is -1.07. The van der Waals surface area contributed by atoms with Gasteiger partial charge in [0.05, 0.1) is 9.34 Å². The standard InChI is InChI=1S/C5H4ClNO2S/c6-3-1-2-4(10-3)7-5(8)9/h1-2,7H,(H,8,9). The third-order valence-corrected chi connectivity index (χ3v) is 1.95. The first-order valence-corrected chi connectivity index (χ1v) is 3.63. The quantitative estimate of drug-likeness (QED) is 0.693. The van der Waals surface area contributed by atoms with E-state index in [-0.39, 0.29) is 0 Å². The number of hydrogen-bond donors (Lipinski definition) is 2. The molecular formula is C5H4ClNO2S. The molecule has 0 aromatic carbocycles. The molecule has 1 rings (SSSR count). The number of thiophene rings is 1. The molecule has 0 atom stereocenters. The van der Waals surface area contributed by atoms with Crippen molar-refractivity contribution >= 4 is 34.0 Å². The van der Waals surface area contributed by atoms with Crippen molar-refractivity contribution in [3.05, 3.63) is 16.5 Å². The Balaban J connectivity index is 2.67. The van der Waals surface area contributed by atoms with Crippen LogP contribution in [0.4, 0.5) is 9.80 Å². The van der Waals surface area contributed by atoms with Crippen LogP contribution in [0.2, 0.25) is 4.34 Å². The smallest absolute Gasteiger partial charge is 0.409 e. The first kappa shape index (κ1) is 7.37. The fourth-order valence-corrected chi connectivity index (χ4v) is 1.42. The number of halogens is 1. The van der Waals surface area contributed by atoms with E-state index < -0.39 is 6.09 Å². The topological polar surface area (TPSA) is 49.3 Å². The molecule has 1 amide bonds. The number of rotatable bonds is 1. The van der Waals surface area contributed by atoms with Crippen LogP contribution in [0.15, 0.2) is 12.1 Å². The monoisotopic (exact) mass is 177 g/mol. The largest absolute Gasteiger partial charge is 0.465 e. The molecule has 54 valence electrons. The van der Waals surface area contributed by atoms with Gasteiger partial charge in [-0.2, -0.15) is 0 Å². The van der Waals surface area contributed by atoms with Gasteiger partial charge in [0, 0.05) is 0 Å². The van der Waals surface area contributed by atoms with Gasteiger partial charge in [-0.05, 0) is 12.1 Å². The Morgan fingerprint density at radius 2 is 2.40 bits per heavy atom. The van der Waals surface area contributed by atoms with Gasteiger partial charge in [-0.25, -0.2) is 4.79 Å². The van der Waals surface area contributed by atoms with E-state index in [2.05, 4.69) is 5.32 Å². The highest BCUT2D eigenvalue weighted by molar-refractivity contribution is 7.20. The highest BCUT2D eigenvalue weighted by Gasteiger charge is 1.99. The van der Waals surface area contributed by atoms with Crippen LogP contribution in [-0.4, -0.2) is 11.2 Å². The van der Waals surface area contributed by atoms with Crippen LogP contribution in [0.5, 0.6) is 0 Å². The average molecular weight is 178 g/mol. The van der Waals surface area contributed by atoms with Gasteiger partial charge in [0.1, 0.15) is 0 Å². The van der Waals surface area contributed by atoms with E-state index in [1.807, 2.05) is 0 Å². The molecule has 3 nitrogen and oxygen atoms in total. The first-order valence-electron chi connectivity index (χ1n) is 2.44. The second-order valence-corrected chi connectivity index (χ2v) is 3.25. The van der Waals surface area contributed by atoms with E-state index >= 15 is 0 Å². The molecule has 5 heteroatoms. The summed E-state index contributed by atoms with van der Waals surface area (Å²) in [5.41, 5.74) is 0. The third-order valence-electron chi connectivity index (χ3n) is 0.803. The number of carbonyl (C=O) groups is 1. The normalized spacial score (nSPS) is 9.30. The van der Waals surface area contributed by atoms with Crippen LogP contribution in [-0.2, 0) is 0 Å². The lowest BCUT2D eigenvalue weighted by Gasteiger charge is -1.91. The number of anilines is 1. The number of nitrogens with one attached hydrogen (secondary N) is 1. The number of amides is 1. The maximum Gasteiger partial charge on any atom is 0.409 e. The van der Waals surface area contributed by atoms with Crippen molar-refractivity contribution in [3.63, 3.8) is 0 Å². The van der Waals surface area contributed by atoms with Gasteiger partial charge >= 0.3 is 6.09 Å². The zero-order chi connectivity index (χ0) is 7.56. The van der Waals surface area contributed by atoms with Gasteiger partial charge in [-0.1, -0.05) is 11.6 Å². The highest BCUT2D eigenvalue weighted by Crippen LogP contribution is 2.25. The van der Waals surface area contributed by atoms with Gasteiger partial charge in [0.2, 0.25) is 0 Å². The van der Waals surface area contributed by atoms with Crippen LogP contribution in [0.3, 0.4) is 0 Å². The zero-order valence-corrected chi connectivity index (χ0v) is 6.37. The van der Waals surface area contributed by atoms with Gasteiger partial charge in [0.25, 0.3) is 0 Å². The fraction of sp³-hybridized carbons (Fsp3) is 0. The Morgan fingerprint density at radius 1 is 1.70 bits per heavy atom. The Labute approximate surface area is 66.2 Å². The van der Waals surface area contributed by atoms with Crippen molar-refractivity contribution in [3.8, 4) is 0 Å². The molecular weight excluding hydrogens is 174 g/mol. The van der Waals surface area contributed by atoms with E-state index in [0.29, 0.717) is 9.34 Å². The predicted molar refractivity (Wildman–Crippen MR) is 41.0 cm³/mol. The zero-order valence-electron chi connectivity index (χ0n) is 4.80. The van der Waals surface area contributed by atoms with Gasteiger partial charge < -0.3 is 5.11 Å². The summed E-state index contributed by atoms with van der Waals surface area (Å²) < 4.78 is 0.573. The molecule has 0 radical (unpaired) electrons. The summed E-state index contributed by atoms with van der Waals surface area (Å²) in [5, 5.41) is 10.9.